The predicted octanol–water partition coefficient (Wildman–Crippen LogP) is 3.34. The van der Waals surface area contributed by atoms with Crippen LogP contribution in [-0.2, 0) is 11.2 Å². The number of benzene rings is 1. The van der Waals surface area contributed by atoms with Crippen molar-refractivity contribution in [2.45, 2.75) is 44.6 Å². The molecule has 9 heteroatoms. The monoisotopic (exact) mass is 447 g/mol. The van der Waals surface area contributed by atoms with E-state index in [1.807, 2.05) is 35.0 Å². The molecule has 0 saturated heterocycles. The molecule has 0 atom stereocenters. The molecule has 0 bridgehead atoms. The van der Waals surface area contributed by atoms with E-state index < -0.39 is 0 Å². The van der Waals surface area contributed by atoms with Gasteiger partial charge in [-0.3, -0.25) is 19.7 Å². The Morgan fingerprint density at radius 3 is 2.88 bits per heavy atom. The van der Waals surface area contributed by atoms with E-state index in [0.717, 1.165) is 29.6 Å². The van der Waals surface area contributed by atoms with Crippen molar-refractivity contribution in [2.24, 2.45) is 0 Å². The van der Waals surface area contributed by atoms with Gasteiger partial charge in [0.05, 0.1) is 18.0 Å². The molecule has 1 fully saturated rings. The van der Waals surface area contributed by atoms with E-state index in [0.29, 0.717) is 17.2 Å². The highest BCUT2D eigenvalue weighted by atomic mass is 16.1. The summed E-state index contributed by atoms with van der Waals surface area (Å²) in [6, 6.07) is 9.63. The van der Waals surface area contributed by atoms with Gasteiger partial charge in [0.1, 0.15) is 11.2 Å². The fourth-order valence-corrected chi connectivity index (χ4v) is 4.27. The van der Waals surface area contributed by atoms with Crippen LogP contribution in [0.2, 0.25) is 0 Å². The van der Waals surface area contributed by atoms with Gasteiger partial charge >= 0.3 is 0 Å². The van der Waals surface area contributed by atoms with Crippen LogP contribution in [0.3, 0.4) is 0 Å². The summed E-state index contributed by atoms with van der Waals surface area (Å²) in [5.74, 6) is 0.252. The second-order valence-electron chi connectivity index (χ2n) is 8.24. The van der Waals surface area contributed by atoms with E-state index in [4.69, 9.17) is 10.5 Å². The normalized spacial score (nSPS) is 14.5. The minimum Gasteiger partial charge on any atom is -0.394 e. The standard InChI is InChI=1S/C24H29N7O2/c1-26-12-11-20(25)29-21(32)15-16-6-5-7-17(14-16)28-23-22-19(10-13-27-24(22)33)31(30-23)18-8-3-2-4-9-18/h5-7,10-14,18,26H,2-4,8-9,15H2,1H3,(H,27,33)(H,28,30)(H2,25,29,32)/b12-11-. The molecule has 0 radical (unpaired) electrons. The maximum atomic E-state index is 12.6. The molecule has 1 saturated carbocycles. The topological polar surface area (TPSA) is 128 Å². The molecule has 5 N–H and O–H groups in total. The van der Waals surface area contributed by atoms with Crippen LogP contribution < -0.4 is 21.5 Å². The molecule has 172 valence electrons. The number of pyridine rings is 1. The maximum absolute atomic E-state index is 12.6. The van der Waals surface area contributed by atoms with Crippen LogP contribution >= 0.6 is 0 Å². The number of hydrogen-bond acceptors (Lipinski definition) is 6. The number of amides is 1. The van der Waals surface area contributed by atoms with Gasteiger partial charge in [-0.05, 0) is 48.9 Å². The molecule has 0 aliphatic heterocycles. The second-order valence-corrected chi connectivity index (χ2v) is 8.24. The van der Waals surface area contributed by atoms with Crippen molar-refractivity contribution in [1.82, 2.24) is 25.4 Å². The second kappa shape index (κ2) is 10.2. The summed E-state index contributed by atoms with van der Waals surface area (Å²) in [4.78, 5) is 27.7. The van der Waals surface area contributed by atoms with Crippen molar-refractivity contribution < 1.29 is 4.79 Å². The third kappa shape index (κ3) is 5.31. The molecule has 33 heavy (non-hydrogen) atoms. The largest absolute Gasteiger partial charge is 0.394 e. The first-order chi connectivity index (χ1) is 16.0. The number of rotatable bonds is 7. The lowest BCUT2D eigenvalue weighted by Gasteiger charge is -2.22. The van der Waals surface area contributed by atoms with Gasteiger partial charge in [-0.15, -0.1) is 0 Å². The first kappa shape index (κ1) is 22.3. The van der Waals surface area contributed by atoms with Crippen molar-refractivity contribution in [2.75, 3.05) is 12.4 Å². The highest BCUT2D eigenvalue weighted by molar-refractivity contribution is 6.03. The van der Waals surface area contributed by atoms with Gasteiger partial charge in [-0.1, -0.05) is 31.4 Å². The number of carbonyl (C=O) groups is 1. The Morgan fingerprint density at radius 2 is 2.09 bits per heavy atom. The Balaban J connectivity index is 1.55. The van der Waals surface area contributed by atoms with Crippen molar-refractivity contribution in [3.63, 3.8) is 0 Å². The highest BCUT2D eigenvalue weighted by Gasteiger charge is 2.22. The zero-order chi connectivity index (χ0) is 23.2. The van der Waals surface area contributed by atoms with Gasteiger partial charge < -0.3 is 20.9 Å². The van der Waals surface area contributed by atoms with Crippen molar-refractivity contribution in [3.05, 3.63) is 64.7 Å². The summed E-state index contributed by atoms with van der Waals surface area (Å²) in [6.07, 6.45) is 10.5. The molecular formula is C24H29N7O2. The molecular weight excluding hydrogens is 418 g/mol. The van der Waals surface area contributed by atoms with E-state index in [1.54, 1.807) is 19.4 Å². The molecule has 1 aliphatic rings. The number of aromatic amines is 1. The number of aromatic nitrogens is 3. The molecule has 1 aliphatic carbocycles. The molecule has 0 spiro atoms. The van der Waals surface area contributed by atoms with Gasteiger partial charge in [0.25, 0.3) is 5.56 Å². The number of H-pyrrole nitrogens is 1. The number of nitrogens with one attached hydrogen (secondary N) is 5. The van der Waals surface area contributed by atoms with E-state index in [9.17, 15) is 9.59 Å². The molecule has 2 aromatic heterocycles. The molecule has 9 nitrogen and oxygen atoms in total. The third-order valence-corrected chi connectivity index (χ3v) is 5.80. The Morgan fingerprint density at radius 1 is 1.27 bits per heavy atom. The predicted molar refractivity (Wildman–Crippen MR) is 130 cm³/mol. The number of hydrogen-bond donors (Lipinski definition) is 5. The highest BCUT2D eigenvalue weighted by Crippen LogP contribution is 2.32. The molecule has 3 aromatic rings. The quantitative estimate of drug-likeness (QED) is 0.280. The molecule has 4 rings (SSSR count). The number of fused-ring (bicyclic) bond motifs is 1. The fraction of sp³-hybridized carbons (Fsp3) is 0.333. The SMILES string of the molecule is CN/C=C\C(=N)NC(=O)Cc1cccc(Nc2nn(C3CCCCC3)c3cc[nH]c(=O)c23)c1. The summed E-state index contributed by atoms with van der Waals surface area (Å²) in [5.41, 5.74) is 2.18. The first-order valence-electron chi connectivity index (χ1n) is 11.2. The summed E-state index contributed by atoms with van der Waals surface area (Å²) >= 11 is 0. The Kier molecular flexibility index (Phi) is 6.87. The summed E-state index contributed by atoms with van der Waals surface area (Å²) in [5, 5.41) is 21.7. The zero-order valence-corrected chi connectivity index (χ0v) is 18.6. The van der Waals surface area contributed by atoms with E-state index >= 15 is 0 Å². The molecule has 0 unspecified atom stereocenters. The lowest BCUT2D eigenvalue weighted by molar-refractivity contribution is -0.119. The minimum atomic E-state index is -0.277. The summed E-state index contributed by atoms with van der Waals surface area (Å²) in [7, 11) is 1.72. The number of anilines is 2. The maximum Gasteiger partial charge on any atom is 0.261 e. The zero-order valence-electron chi connectivity index (χ0n) is 18.6. The van der Waals surface area contributed by atoms with Gasteiger partial charge in [-0.2, -0.15) is 5.10 Å². The fourth-order valence-electron chi connectivity index (χ4n) is 4.27. The van der Waals surface area contributed by atoms with Crippen LogP contribution in [0.5, 0.6) is 0 Å². The lowest BCUT2D eigenvalue weighted by Crippen LogP contribution is -2.30. The van der Waals surface area contributed by atoms with Crippen LogP contribution in [0.1, 0.15) is 43.7 Å². The van der Waals surface area contributed by atoms with Crippen LogP contribution in [0.15, 0.2) is 53.6 Å². The smallest absolute Gasteiger partial charge is 0.261 e. The van der Waals surface area contributed by atoms with Crippen LogP contribution in [0.25, 0.3) is 10.9 Å². The Hall–Kier alpha value is -3.88. The summed E-state index contributed by atoms with van der Waals surface area (Å²) in [6.45, 7) is 0. The third-order valence-electron chi connectivity index (χ3n) is 5.80. The summed E-state index contributed by atoms with van der Waals surface area (Å²) < 4.78 is 1.99. The van der Waals surface area contributed by atoms with E-state index in [-0.39, 0.29) is 23.7 Å². The minimum absolute atomic E-state index is 0.0163. The number of nitrogens with zero attached hydrogens (tertiary/aromatic N) is 2. The van der Waals surface area contributed by atoms with Gasteiger partial charge in [0.2, 0.25) is 5.91 Å². The molecule has 1 aromatic carbocycles. The van der Waals surface area contributed by atoms with Crippen molar-refractivity contribution >= 4 is 34.2 Å². The average Bonchev–Trinajstić information content (AvgIpc) is 3.18. The van der Waals surface area contributed by atoms with Crippen molar-refractivity contribution in [1.29, 1.82) is 5.41 Å². The lowest BCUT2D eigenvalue weighted by atomic mass is 9.95. The van der Waals surface area contributed by atoms with Crippen molar-refractivity contribution in [3.8, 4) is 0 Å². The van der Waals surface area contributed by atoms with Crippen LogP contribution in [0, 0.1) is 5.41 Å². The Labute approximate surface area is 191 Å². The van der Waals surface area contributed by atoms with Gasteiger partial charge in [0, 0.05) is 18.9 Å². The first-order valence-corrected chi connectivity index (χ1v) is 11.2. The van der Waals surface area contributed by atoms with Crippen LogP contribution in [-0.4, -0.2) is 33.6 Å². The van der Waals surface area contributed by atoms with Gasteiger partial charge in [-0.25, -0.2) is 0 Å². The number of carbonyl (C=O) groups excluding carboxylic acids is 1. The van der Waals surface area contributed by atoms with E-state index in [2.05, 4.69) is 20.9 Å². The molecule has 1 amide bonds. The van der Waals surface area contributed by atoms with E-state index in [1.165, 1.54) is 25.3 Å². The average molecular weight is 448 g/mol. The van der Waals surface area contributed by atoms with Gasteiger partial charge in [0.15, 0.2) is 5.82 Å². The Bertz CT molecular complexity index is 1240. The molecule has 2 heterocycles. The van der Waals surface area contributed by atoms with Crippen LogP contribution in [0.4, 0.5) is 11.5 Å². The number of amidine groups is 1.